The van der Waals surface area contributed by atoms with Gasteiger partial charge in [-0.2, -0.15) is 0 Å². The first-order chi connectivity index (χ1) is 6.24. The van der Waals surface area contributed by atoms with Crippen LogP contribution in [0.2, 0.25) is 0 Å². The van der Waals surface area contributed by atoms with E-state index in [1.54, 1.807) is 6.08 Å². The number of hydrogen-bond acceptors (Lipinski definition) is 5. The van der Waals surface area contributed by atoms with E-state index in [0.29, 0.717) is 11.6 Å². The van der Waals surface area contributed by atoms with E-state index < -0.39 is 12.0 Å². The van der Waals surface area contributed by atoms with Gasteiger partial charge in [-0.25, -0.2) is 4.79 Å². The van der Waals surface area contributed by atoms with Crippen LogP contribution in [0.1, 0.15) is 6.42 Å². The van der Waals surface area contributed by atoms with Gasteiger partial charge in [0, 0.05) is 0 Å². The fourth-order valence-corrected chi connectivity index (χ4v) is 1.27. The topological polar surface area (TPSA) is 75.1 Å². The van der Waals surface area contributed by atoms with Gasteiger partial charge in [0.15, 0.2) is 0 Å². The average Bonchev–Trinajstić information content (AvgIpc) is 2.56. The van der Waals surface area contributed by atoms with Crippen molar-refractivity contribution in [3.8, 4) is 0 Å². The molecule has 2 N–H and O–H groups in total. The van der Waals surface area contributed by atoms with E-state index in [2.05, 4.69) is 22.1 Å². The molecule has 0 fully saturated rings. The fourth-order valence-electron chi connectivity index (χ4n) is 0.773. The van der Waals surface area contributed by atoms with Gasteiger partial charge in [0.25, 0.3) is 0 Å². The molecule has 0 aliphatic heterocycles. The molecular weight excluding hydrogens is 190 g/mol. The van der Waals surface area contributed by atoms with E-state index in [1.807, 2.05) is 0 Å². The van der Waals surface area contributed by atoms with Crippen molar-refractivity contribution in [1.29, 1.82) is 0 Å². The van der Waals surface area contributed by atoms with Crippen molar-refractivity contribution < 1.29 is 9.90 Å². The van der Waals surface area contributed by atoms with Crippen LogP contribution in [0.3, 0.4) is 0 Å². The molecule has 0 radical (unpaired) electrons. The Labute approximate surface area is 79.1 Å². The van der Waals surface area contributed by atoms with Crippen molar-refractivity contribution in [3.05, 3.63) is 18.2 Å². The summed E-state index contributed by atoms with van der Waals surface area (Å²) in [4.78, 5) is 10.7. The lowest BCUT2D eigenvalue weighted by Crippen LogP contribution is -2.28. The van der Waals surface area contributed by atoms with Gasteiger partial charge >= 0.3 is 5.97 Å². The third-order valence-corrected chi connectivity index (χ3v) is 1.98. The minimum Gasteiger partial charge on any atom is -0.480 e. The Hall–Kier alpha value is -1.43. The summed E-state index contributed by atoms with van der Waals surface area (Å²) in [5, 5.41) is 19.3. The number of aliphatic carboxylic acids is 1. The van der Waals surface area contributed by atoms with Gasteiger partial charge in [-0.05, 0) is 6.42 Å². The Balaban J connectivity index is 2.57. The summed E-state index contributed by atoms with van der Waals surface area (Å²) in [5.74, 6) is -0.921. The molecule has 0 aliphatic rings. The molecule has 0 bridgehead atoms. The summed E-state index contributed by atoms with van der Waals surface area (Å²) in [6.45, 7) is 3.48. The van der Waals surface area contributed by atoms with Crippen LogP contribution in [-0.2, 0) is 4.79 Å². The highest BCUT2D eigenvalue weighted by Gasteiger charge is 2.15. The largest absolute Gasteiger partial charge is 0.480 e. The van der Waals surface area contributed by atoms with Crippen LogP contribution >= 0.6 is 11.3 Å². The number of nitrogens with one attached hydrogen (secondary N) is 1. The Kier molecular flexibility index (Phi) is 3.39. The van der Waals surface area contributed by atoms with E-state index in [1.165, 1.54) is 16.8 Å². The normalized spacial score (nSPS) is 12.0. The Morgan fingerprint density at radius 3 is 3.15 bits per heavy atom. The second-order valence-electron chi connectivity index (χ2n) is 2.30. The lowest BCUT2D eigenvalue weighted by atomic mass is 10.2. The maximum Gasteiger partial charge on any atom is 0.326 e. The zero-order valence-corrected chi connectivity index (χ0v) is 7.62. The van der Waals surface area contributed by atoms with Gasteiger partial charge in [-0.15, -0.1) is 16.8 Å². The molecule has 0 aromatic carbocycles. The molecule has 1 heterocycles. The first kappa shape index (κ1) is 9.66. The van der Waals surface area contributed by atoms with Gasteiger partial charge in [0.05, 0.1) is 0 Å². The molecule has 1 aromatic rings. The van der Waals surface area contributed by atoms with Gasteiger partial charge in [0.2, 0.25) is 5.13 Å². The predicted molar refractivity (Wildman–Crippen MR) is 49.8 cm³/mol. The highest BCUT2D eigenvalue weighted by Crippen LogP contribution is 2.11. The van der Waals surface area contributed by atoms with Crippen molar-refractivity contribution in [1.82, 2.24) is 10.2 Å². The number of carboxylic acids is 1. The van der Waals surface area contributed by atoms with Gasteiger partial charge in [-0.1, -0.05) is 17.4 Å². The molecular formula is C7H9N3O2S. The van der Waals surface area contributed by atoms with Crippen LogP contribution in [0.4, 0.5) is 5.13 Å². The summed E-state index contributed by atoms with van der Waals surface area (Å²) in [7, 11) is 0. The highest BCUT2D eigenvalue weighted by atomic mass is 32.1. The molecule has 0 spiro atoms. The van der Waals surface area contributed by atoms with Crippen LogP contribution in [0, 0.1) is 0 Å². The molecule has 1 aromatic heterocycles. The summed E-state index contributed by atoms with van der Waals surface area (Å²) in [6, 6.07) is -0.676. The van der Waals surface area contributed by atoms with Gasteiger partial charge in [-0.3, -0.25) is 0 Å². The van der Waals surface area contributed by atoms with Gasteiger partial charge < -0.3 is 10.4 Å². The van der Waals surface area contributed by atoms with E-state index in [-0.39, 0.29) is 0 Å². The second kappa shape index (κ2) is 4.56. The van der Waals surface area contributed by atoms with E-state index >= 15 is 0 Å². The first-order valence-corrected chi connectivity index (χ1v) is 4.48. The third kappa shape index (κ3) is 2.83. The summed E-state index contributed by atoms with van der Waals surface area (Å²) in [5.41, 5.74) is 1.54. The number of carboxylic acid groups (broad SMARTS) is 1. The predicted octanol–water partition coefficient (Wildman–Crippen LogP) is 0.979. The maximum absolute atomic E-state index is 10.7. The zero-order chi connectivity index (χ0) is 9.68. The van der Waals surface area contributed by atoms with Crippen LogP contribution in [0.5, 0.6) is 0 Å². The SMILES string of the molecule is C=CCC(Nc1nncs1)C(=O)O. The average molecular weight is 199 g/mol. The first-order valence-electron chi connectivity index (χ1n) is 3.60. The molecule has 1 rings (SSSR count). The van der Waals surface area contributed by atoms with Crippen molar-refractivity contribution in [3.63, 3.8) is 0 Å². The number of aromatic nitrogens is 2. The van der Waals surface area contributed by atoms with Crippen LogP contribution in [0.15, 0.2) is 18.2 Å². The monoisotopic (exact) mass is 199 g/mol. The Morgan fingerprint density at radius 1 is 1.92 bits per heavy atom. The minimum atomic E-state index is -0.921. The third-order valence-electron chi connectivity index (χ3n) is 1.36. The second-order valence-corrected chi connectivity index (χ2v) is 3.14. The van der Waals surface area contributed by atoms with E-state index in [9.17, 15) is 4.79 Å². The minimum absolute atomic E-state index is 0.356. The Bertz CT molecular complexity index is 286. The summed E-state index contributed by atoms with van der Waals surface area (Å²) < 4.78 is 0. The van der Waals surface area contributed by atoms with Crippen molar-refractivity contribution >= 4 is 22.4 Å². The molecule has 1 atom stereocenters. The molecule has 0 saturated carbocycles. The van der Waals surface area contributed by atoms with Crippen LogP contribution in [-0.4, -0.2) is 27.3 Å². The maximum atomic E-state index is 10.7. The molecule has 0 saturated heterocycles. The van der Waals surface area contributed by atoms with Gasteiger partial charge in [0.1, 0.15) is 11.6 Å². The van der Waals surface area contributed by atoms with Crippen molar-refractivity contribution in [2.45, 2.75) is 12.5 Å². The van der Waals surface area contributed by atoms with Crippen LogP contribution < -0.4 is 5.32 Å². The number of rotatable bonds is 5. The van der Waals surface area contributed by atoms with E-state index in [4.69, 9.17) is 5.11 Å². The summed E-state index contributed by atoms with van der Waals surface area (Å²) >= 11 is 1.26. The molecule has 70 valence electrons. The molecule has 13 heavy (non-hydrogen) atoms. The molecule has 1 unspecified atom stereocenters. The smallest absolute Gasteiger partial charge is 0.326 e. The summed E-state index contributed by atoms with van der Waals surface area (Å²) in [6.07, 6.45) is 1.90. The van der Waals surface area contributed by atoms with E-state index in [0.717, 1.165) is 0 Å². The number of carbonyl (C=O) groups is 1. The fraction of sp³-hybridized carbons (Fsp3) is 0.286. The molecule has 5 nitrogen and oxygen atoms in total. The number of anilines is 1. The lowest BCUT2D eigenvalue weighted by molar-refractivity contribution is -0.137. The quantitative estimate of drug-likeness (QED) is 0.691. The number of hydrogen-bond donors (Lipinski definition) is 2. The Morgan fingerprint density at radius 2 is 2.69 bits per heavy atom. The lowest BCUT2D eigenvalue weighted by Gasteiger charge is -2.09. The molecule has 0 aliphatic carbocycles. The number of nitrogens with zero attached hydrogens (tertiary/aromatic N) is 2. The molecule has 6 heteroatoms. The van der Waals surface area contributed by atoms with Crippen LogP contribution in [0.25, 0.3) is 0 Å². The van der Waals surface area contributed by atoms with Crippen molar-refractivity contribution in [2.24, 2.45) is 0 Å². The standard InChI is InChI=1S/C7H9N3O2S/c1-2-3-5(6(11)12)9-7-10-8-4-13-7/h2,4-5H,1,3H2,(H,9,10)(H,11,12). The van der Waals surface area contributed by atoms with Crippen molar-refractivity contribution in [2.75, 3.05) is 5.32 Å². The zero-order valence-electron chi connectivity index (χ0n) is 6.80. The molecule has 0 amide bonds. The highest BCUT2D eigenvalue weighted by molar-refractivity contribution is 7.13.